The van der Waals surface area contributed by atoms with Crippen LogP contribution in [0.3, 0.4) is 0 Å². The molecule has 0 spiro atoms. The number of benzene rings is 3. The molecular formula is C32H37FN4O. The van der Waals surface area contributed by atoms with E-state index >= 15 is 0 Å². The first-order valence-electron chi connectivity index (χ1n) is 12.8. The Labute approximate surface area is 225 Å². The van der Waals surface area contributed by atoms with Crippen LogP contribution in [0.15, 0.2) is 97.8 Å². The second-order valence-corrected chi connectivity index (χ2v) is 8.98. The van der Waals surface area contributed by atoms with Gasteiger partial charge in [-0.3, -0.25) is 9.88 Å². The molecule has 1 fully saturated rings. The SMILES string of the molecule is C=C(c1cncc2ccccc12)N1CCN(C(c2ccccc2)c2cccc(F)c2)CC1.CC=O.CNC. The topological polar surface area (TPSA) is 48.5 Å². The monoisotopic (exact) mass is 512 g/mol. The third kappa shape index (κ3) is 7.34. The first kappa shape index (κ1) is 28.7. The van der Waals surface area contributed by atoms with Crippen LogP contribution < -0.4 is 5.32 Å². The third-order valence-corrected chi connectivity index (χ3v) is 6.32. The van der Waals surface area contributed by atoms with Gasteiger partial charge >= 0.3 is 0 Å². The van der Waals surface area contributed by atoms with E-state index in [2.05, 4.69) is 57.0 Å². The van der Waals surface area contributed by atoms with Crippen LogP contribution in [-0.4, -0.2) is 61.3 Å². The molecule has 1 aromatic heterocycles. The molecule has 38 heavy (non-hydrogen) atoms. The molecule has 1 N–H and O–H groups in total. The number of halogens is 1. The molecule has 1 aliphatic rings. The Balaban J connectivity index is 0.000000611. The molecule has 1 saturated heterocycles. The van der Waals surface area contributed by atoms with E-state index in [0.29, 0.717) is 0 Å². The molecule has 0 radical (unpaired) electrons. The van der Waals surface area contributed by atoms with E-state index in [1.165, 1.54) is 23.9 Å². The summed E-state index contributed by atoms with van der Waals surface area (Å²) in [6, 6.07) is 25.7. The molecule has 1 atom stereocenters. The predicted molar refractivity (Wildman–Crippen MR) is 155 cm³/mol. The minimum Gasteiger partial charge on any atom is -0.369 e. The minimum absolute atomic E-state index is 0.0292. The Morgan fingerprint density at radius 3 is 2.18 bits per heavy atom. The number of pyridine rings is 1. The zero-order valence-electron chi connectivity index (χ0n) is 22.5. The standard InChI is InChI=1S/C28H26FN3.C2H7N.C2H4O/c1-21(27-20-30-19-24-10-5-6-13-26(24)27)31-14-16-32(17-15-31)28(22-8-3-2-4-9-22)23-11-7-12-25(29)18-23;1-3-2;1-2-3/h2-13,18-20,28H,1,14-17H2;3H,1-2H3;2H,1H3. The van der Waals surface area contributed by atoms with Crippen LogP contribution in [0, 0.1) is 5.82 Å². The van der Waals surface area contributed by atoms with E-state index in [1.807, 2.05) is 56.8 Å². The maximum absolute atomic E-state index is 14.0. The van der Waals surface area contributed by atoms with Crippen molar-refractivity contribution in [3.8, 4) is 0 Å². The second kappa shape index (κ2) is 14.8. The van der Waals surface area contributed by atoms with Gasteiger partial charge in [0.05, 0.1) is 6.04 Å². The maximum Gasteiger partial charge on any atom is 0.123 e. The maximum atomic E-state index is 14.0. The van der Waals surface area contributed by atoms with Crippen molar-refractivity contribution < 1.29 is 9.18 Å². The highest BCUT2D eigenvalue weighted by molar-refractivity contribution is 5.92. The lowest BCUT2D eigenvalue weighted by Crippen LogP contribution is -2.46. The van der Waals surface area contributed by atoms with Gasteiger partial charge in [0.1, 0.15) is 12.1 Å². The quantitative estimate of drug-likeness (QED) is 0.343. The average molecular weight is 513 g/mol. The number of piperazine rings is 1. The summed E-state index contributed by atoms with van der Waals surface area (Å²) in [5.74, 6) is -0.195. The van der Waals surface area contributed by atoms with Crippen molar-refractivity contribution in [2.75, 3.05) is 40.3 Å². The van der Waals surface area contributed by atoms with Crippen molar-refractivity contribution in [3.05, 3.63) is 120 Å². The van der Waals surface area contributed by atoms with Crippen LogP contribution in [0.1, 0.15) is 29.7 Å². The van der Waals surface area contributed by atoms with Crippen molar-refractivity contribution >= 4 is 22.8 Å². The molecule has 5 nitrogen and oxygen atoms in total. The van der Waals surface area contributed by atoms with Crippen LogP contribution in [0.4, 0.5) is 4.39 Å². The van der Waals surface area contributed by atoms with Gasteiger partial charge < -0.3 is 15.0 Å². The largest absolute Gasteiger partial charge is 0.369 e. The number of carbonyl (C=O) groups is 1. The number of aldehydes is 1. The smallest absolute Gasteiger partial charge is 0.123 e. The van der Waals surface area contributed by atoms with Crippen molar-refractivity contribution in [2.24, 2.45) is 0 Å². The van der Waals surface area contributed by atoms with Gasteiger partial charge in [-0.15, -0.1) is 0 Å². The number of fused-ring (bicyclic) bond motifs is 1. The van der Waals surface area contributed by atoms with Crippen molar-refractivity contribution in [1.82, 2.24) is 20.1 Å². The van der Waals surface area contributed by atoms with Gasteiger partial charge in [-0.2, -0.15) is 0 Å². The first-order chi connectivity index (χ1) is 18.5. The summed E-state index contributed by atoms with van der Waals surface area (Å²) in [6.07, 6.45) is 4.56. The van der Waals surface area contributed by atoms with Crippen molar-refractivity contribution in [1.29, 1.82) is 0 Å². The van der Waals surface area contributed by atoms with Crippen LogP contribution in [-0.2, 0) is 4.79 Å². The summed E-state index contributed by atoms with van der Waals surface area (Å²) in [5, 5.41) is 5.05. The van der Waals surface area contributed by atoms with Gasteiger partial charge in [0.2, 0.25) is 0 Å². The fraction of sp³-hybridized carbons (Fsp3) is 0.250. The molecule has 198 valence electrons. The lowest BCUT2D eigenvalue weighted by atomic mass is 9.96. The van der Waals surface area contributed by atoms with E-state index in [4.69, 9.17) is 4.79 Å². The second-order valence-electron chi connectivity index (χ2n) is 8.98. The fourth-order valence-corrected chi connectivity index (χ4v) is 4.69. The van der Waals surface area contributed by atoms with Crippen LogP contribution in [0.5, 0.6) is 0 Å². The number of carbonyl (C=O) groups excluding carboxylic acids is 1. The molecule has 0 aliphatic carbocycles. The highest BCUT2D eigenvalue weighted by Gasteiger charge is 2.27. The molecule has 0 bridgehead atoms. The van der Waals surface area contributed by atoms with Crippen LogP contribution in [0.25, 0.3) is 16.5 Å². The van der Waals surface area contributed by atoms with Gasteiger partial charge in [0.25, 0.3) is 0 Å². The Kier molecular flexibility index (Phi) is 11.1. The number of hydrogen-bond acceptors (Lipinski definition) is 5. The number of nitrogens with zero attached hydrogens (tertiary/aromatic N) is 3. The Morgan fingerprint density at radius 2 is 1.53 bits per heavy atom. The average Bonchev–Trinajstić information content (AvgIpc) is 2.94. The van der Waals surface area contributed by atoms with Crippen LogP contribution >= 0.6 is 0 Å². The normalized spacial score (nSPS) is 13.9. The summed E-state index contributed by atoms with van der Waals surface area (Å²) < 4.78 is 14.0. The van der Waals surface area contributed by atoms with E-state index in [9.17, 15) is 4.39 Å². The summed E-state index contributed by atoms with van der Waals surface area (Å²) in [5.41, 5.74) is 4.27. The summed E-state index contributed by atoms with van der Waals surface area (Å²) in [4.78, 5) is 18.0. The van der Waals surface area contributed by atoms with Gasteiger partial charge in [-0.25, -0.2) is 4.39 Å². The van der Waals surface area contributed by atoms with Gasteiger partial charge in [-0.1, -0.05) is 73.3 Å². The molecule has 0 saturated carbocycles. The fourth-order valence-electron chi connectivity index (χ4n) is 4.69. The molecular weight excluding hydrogens is 475 g/mol. The van der Waals surface area contributed by atoms with Gasteiger partial charge in [0, 0.05) is 55.2 Å². The van der Waals surface area contributed by atoms with Crippen LogP contribution in [0.2, 0.25) is 0 Å². The minimum atomic E-state index is -0.195. The molecule has 1 aliphatic heterocycles. The number of nitrogens with one attached hydrogen (secondary N) is 1. The number of hydrogen-bond donors (Lipinski definition) is 1. The van der Waals surface area contributed by atoms with Gasteiger partial charge in [0.15, 0.2) is 0 Å². The highest BCUT2D eigenvalue weighted by Crippen LogP contribution is 2.32. The zero-order chi connectivity index (χ0) is 27.3. The lowest BCUT2D eigenvalue weighted by molar-refractivity contribution is -0.106. The molecule has 6 heteroatoms. The number of rotatable bonds is 5. The number of aromatic nitrogens is 1. The molecule has 3 aromatic carbocycles. The molecule has 1 unspecified atom stereocenters. The predicted octanol–water partition coefficient (Wildman–Crippen LogP) is 5.79. The Bertz CT molecular complexity index is 1300. The van der Waals surface area contributed by atoms with Crippen molar-refractivity contribution in [3.63, 3.8) is 0 Å². The van der Waals surface area contributed by atoms with E-state index in [0.717, 1.165) is 54.7 Å². The Hall–Kier alpha value is -3.87. The summed E-state index contributed by atoms with van der Waals surface area (Å²) in [6.45, 7) is 9.32. The summed E-state index contributed by atoms with van der Waals surface area (Å²) in [7, 11) is 3.75. The highest BCUT2D eigenvalue weighted by atomic mass is 19.1. The van der Waals surface area contributed by atoms with Gasteiger partial charge in [-0.05, 0) is 49.7 Å². The first-order valence-corrected chi connectivity index (χ1v) is 12.8. The molecule has 4 aromatic rings. The molecule has 5 rings (SSSR count). The van der Waals surface area contributed by atoms with Crippen molar-refractivity contribution in [2.45, 2.75) is 13.0 Å². The van der Waals surface area contributed by atoms with E-state index in [1.54, 1.807) is 12.1 Å². The van der Waals surface area contributed by atoms with E-state index in [-0.39, 0.29) is 11.9 Å². The molecule has 0 amide bonds. The lowest BCUT2D eigenvalue weighted by Gasteiger charge is -2.41. The zero-order valence-corrected chi connectivity index (χ0v) is 22.5. The third-order valence-electron chi connectivity index (χ3n) is 6.32. The summed E-state index contributed by atoms with van der Waals surface area (Å²) >= 11 is 0. The molecule has 2 heterocycles. The Morgan fingerprint density at radius 1 is 0.921 bits per heavy atom. The van der Waals surface area contributed by atoms with E-state index < -0.39 is 0 Å².